The molecule has 0 aliphatic rings. The summed E-state index contributed by atoms with van der Waals surface area (Å²) in [5.41, 5.74) is 0. The van der Waals surface area contributed by atoms with E-state index in [-0.39, 0.29) is 6.61 Å². The number of aliphatic hydroxyl groups excluding tert-OH is 1. The molecule has 0 saturated heterocycles. The molecule has 0 bridgehead atoms. The van der Waals surface area contributed by atoms with Gasteiger partial charge in [-0.2, -0.15) is 0 Å². The maximum absolute atomic E-state index is 8.94. The van der Waals surface area contributed by atoms with Gasteiger partial charge in [0, 0.05) is 19.8 Å². The number of hydrogen-bond donors (Lipinski definition) is 2. The zero-order valence-electron chi connectivity index (χ0n) is 13.8. The van der Waals surface area contributed by atoms with Crippen molar-refractivity contribution < 1.29 is 9.84 Å². The molecule has 0 aliphatic carbocycles. The lowest BCUT2D eigenvalue weighted by Gasteiger charge is -2.16. The Bertz CT molecular complexity index is 170. The average molecular weight is 287 g/mol. The van der Waals surface area contributed by atoms with Crippen molar-refractivity contribution in [2.45, 2.75) is 83.6 Å². The highest BCUT2D eigenvalue weighted by Gasteiger charge is 2.05. The number of unbranched alkanes of at least 4 members (excludes halogenated alkanes) is 9. The summed E-state index contributed by atoms with van der Waals surface area (Å²) in [5, 5.41) is 12.4. The SMILES string of the molecule is CCCCCCCCCCCCNC(CCO)COC. The van der Waals surface area contributed by atoms with Gasteiger partial charge in [0.1, 0.15) is 0 Å². The third kappa shape index (κ3) is 14.3. The van der Waals surface area contributed by atoms with Gasteiger partial charge in [0.05, 0.1) is 6.61 Å². The van der Waals surface area contributed by atoms with Crippen LogP contribution < -0.4 is 5.32 Å². The fourth-order valence-electron chi connectivity index (χ4n) is 2.52. The Labute approximate surface area is 126 Å². The van der Waals surface area contributed by atoms with Gasteiger partial charge in [-0.05, 0) is 19.4 Å². The van der Waals surface area contributed by atoms with Crippen LogP contribution in [-0.2, 0) is 4.74 Å². The van der Waals surface area contributed by atoms with Crippen molar-refractivity contribution in [2.75, 3.05) is 26.9 Å². The normalized spacial score (nSPS) is 12.8. The van der Waals surface area contributed by atoms with E-state index in [0.717, 1.165) is 13.0 Å². The number of aliphatic hydroxyl groups is 1. The molecule has 0 heterocycles. The van der Waals surface area contributed by atoms with Crippen molar-refractivity contribution in [2.24, 2.45) is 0 Å². The van der Waals surface area contributed by atoms with Crippen LogP contribution in [0.15, 0.2) is 0 Å². The largest absolute Gasteiger partial charge is 0.396 e. The highest BCUT2D eigenvalue weighted by atomic mass is 16.5. The third-order valence-corrected chi connectivity index (χ3v) is 3.81. The van der Waals surface area contributed by atoms with Crippen molar-refractivity contribution in [3.63, 3.8) is 0 Å². The molecule has 0 radical (unpaired) electrons. The predicted octanol–water partition coefficient (Wildman–Crippen LogP) is 3.89. The van der Waals surface area contributed by atoms with E-state index in [0.29, 0.717) is 12.6 Å². The van der Waals surface area contributed by atoms with Crippen LogP contribution in [0.2, 0.25) is 0 Å². The van der Waals surface area contributed by atoms with E-state index in [1.807, 2.05) is 0 Å². The quantitative estimate of drug-likeness (QED) is 0.423. The summed E-state index contributed by atoms with van der Waals surface area (Å²) in [6.07, 6.45) is 14.5. The fraction of sp³-hybridized carbons (Fsp3) is 1.00. The van der Waals surface area contributed by atoms with Gasteiger partial charge in [-0.25, -0.2) is 0 Å². The maximum atomic E-state index is 8.94. The summed E-state index contributed by atoms with van der Waals surface area (Å²) >= 11 is 0. The molecule has 0 aliphatic heterocycles. The summed E-state index contributed by atoms with van der Waals surface area (Å²) in [4.78, 5) is 0. The standard InChI is InChI=1S/C17H37NO2/c1-3-4-5-6-7-8-9-10-11-12-14-18-17(13-15-19)16-20-2/h17-19H,3-16H2,1-2H3. The molecule has 0 fully saturated rings. The van der Waals surface area contributed by atoms with Crippen LogP contribution in [0, 0.1) is 0 Å². The van der Waals surface area contributed by atoms with E-state index in [1.165, 1.54) is 64.2 Å². The molecule has 2 N–H and O–H groups in total. The van der Waals surface area contributed by atoms with E-state index in [1.54, 1.807) is 7.11 Å². The molecule has 0 spiro atoms. The minimum atomic E-state index is 0.235. The molecule has 0 amide bonds. The predicted molar refractivity (Wildman–Crippen MR) is 87.2 cm³/mol. The second kappa shape index (κ2) is 16.9. The molecule has 0 rings (SSSR count). The molecule has 0 aromatic heterocycles. The molecular formula is C17H37NO2. The van der Waals surface area contributed by atoms with Gasteiger partial charge in [-0.1, -0.05) is 64.7 Å². The molecule has 20 heavy (non-hydrogen) atoms. The minimum absolute atomic E-state index is 0.235. The second-order valence-electron chi connectivity index (χ2n) is 5.80. The molecule has 3 heteroatoms. The molecular weight excluding hydrogens is 250 g/mol. The van der Waals surface area contributed by atoms with Crippen LogP contribution in [0.5, 0.6) is 0 Å². The monoisotopic (exact) mass is 287 g/mol. The Morgan fingerprint density at radius 3 is 1.95 bits per heavy atom. The van der Waals surface area contributed by atoms with Gasteiger partial charge in [0.2, 0.25) is 0 Å². The van der Waals surface area contributed by atoms with Gasteiger partial charge < -0.3 is 15.2 Å². The third-order valence-electron chi connectivity index (χ3n) is 3.81. The van der Waals surface area contributed by atoms with Crippen LogP contribution >= 0.6 is 0 Å². The highest BCUT2D eigenvalue weighted by molar-refractivity contribution is 4.65. The first-order valence-electron chi connectivity index (χ1n) is 8.68. The lowest BCUT2D eigenvalue weighted by atomic mass is 10.1. The van der Waals surface area contributed by atoms with Gasteiger partial charge in [0.25, 0.3) is 0 Å². The number of hydrogen-bond acceptors (Lipinski definition) is 3. The molecule has 0 saturated carbocycles. The Hall–Kier alpha value is -0.120. The molecule has 1 atom stereocenters. The highest BCUT2D eigenvalue weighted by Crippen LogP contribution is 2.10. The van der Waals surface area contributed by atoms with Crippen LogP contribution in [0.25, 0.3) is 0 Å². The first-order chi connectivity index (χ1) is 9.85. The number of ether oxygens (including phenoxy) is 1. The lowest BCUT2D eigenvalue weighted by Crippen LogP contribution is -2.34. The summed E-state index contributed by atoms with van der Waals surface area (Å²) in [6.45, 7) is 4.24. The lowest BCUT2D eigenvalue weighted by molar-refractivity contribution is 0.148. The molecule has 1 unspecified atom stereocenters. The Kier molecular flexibility index (Phi) is 16.8. The fourth-order valence-corrected chi connectivity index (χ4v) is 2.52. The minimum Gasteiger partial charge on any atom is -0.396 e. The van der Waals surface area contributed by atoms with Crippen molar-refractivity contribution in [1.29, 1.82) is 0 Å². The Morgan fingerprint density at radius 2 is 1.45 bits per heavy atom. The topological polar surface area (TPSA) is 41.5 Å². The number of nitrogens with one attached hydrogen (secondary N) is 1. The first-order valence-corrected chi connectivity index (χ1v) is 8.68. The van der Waals surface area contributed by atoms with Gasteiger partial charge in [-0.15, -0.1) is 0 Å². The van der Waals surface area contributed by atoms with Crippen molar-refractivity contribution >= 4 is 0 Å². The first kappa shape index (κ1) is 19.9. The van der Waals surface area contributed by atoms with Crippen LogP contribution in [0.1, 0.15) is 77.6 Å². The van der Waals surface area contributed by atoms with E-state index < -0.39 is 0 Å². The van der Waals surface area contributed by atoms with E-state index >= 15 is 0 Å². The van der Waals surface area contributed by atoms with Crippen LogP contribution in [0.4, 0.5) is 0 Å². The summed E-state index contributed by atoms with van der Waals surface area (Å²) in [7, 11) is 1.71. The van der Waals surface area contributed by atoms with Gasteiger partial charge in [0.15, 0.2) is 0 Å². The zero-order valence-corrected chi connectivity index (χ0v) is 13.8. The van der Waals surface area contributed by atoms with Gasteiger partial charge in [-0.3, -0.25) is 0 Å². The second-order valence-corrected chi connectivity index (χ2v) is 5.80. The van der Waals surface area contributed by atoms with E-state index in [4.69, 9.17) is 9.84 Å². The summed E-state index contributed by atoms with van der Waals surface area (Å²) in [6, 6.07) is 0.309. The van der Waals surface area contributed by atoms with E-state index in [9.17, 15) is 0 Å². The van der Waals surface area contributed by atoms with E-state index in [2.05, 4.69) is 12.2 Å². The zero-order chi connectivity index (χ0) is 14.9. The molecule has 0 aromatic rings. The van der Waals surface area contributed by atoms with Crippen LogP contribution in [0.3, 0.4) is 0 Å². The maximum Gasteiger partial charge on any atom is 0.0616 e. The number of methoxy groups -OCH3 is 1. The molecule has 3 nitrogen and oxygen atoms in total. The van der Waals surface area contributed by atoms with Gasteiger partial charge >= 0.3 is 0 Å². The Balaban J connectivity index is 3.18. The van der Waals surface area contributed by atoms with Crippen LogP contribution in [-0.4, -0.2) is 38.0 Å². The summed E-state index contributed by atoms with van der Waals surface area (Å²) < 4.78 is 5.13. The molecule has 0 aromatic carbocycles. The Morgan fingerprint density at radius 1 is 0.900 bits per heavy atom. The van der Waals surface area contributed by atoms with Crippen molar-refractivity contribution in [3.05, 3.63) is 0 Å². The summed E-state index contributed by atoms with van der Waals surface area (Å²) in [5.74, 6) is 0. The van der Waals surface area contributed by atoms with Crippen molar-refractivity contribution in [3.8, 4) is 0 Å². The average Bonchev–Trinajstić information content (AvgIpc) is 2.45. The molecule has 122 valence electrons. The van der Waals surface area contributed by atoms with Crippen molar-refractivity contribution in [1.82, 2.24) is 5.32 Å². The smallest absolute Gasteiger partial charge is 0.0616 e. The number of rotatable bonds is 16.